The van der Waals surface area contributed by atoms with Crippen molar-refractivity contribution in [3.05, 3.63) is 85.6 Å². The summed E-state index contributed by atoms with van der Waals surface area (Å²) in [4.78, 5) is 34.8. The summed E-state index contributed by atoms with van der Waals surface area (Å²) in [6, 6.07) is 0. The molecule has 0 fully saturated rings. The third-order valence-electron chi connectivity index (χ3n) is 8.19. The van der Waals surface area contributed by atoms with Crippen molar-refractivity contribution in [3.63, 3.8) is 0 Å². The van der Waals surface area contributed by atoms with Crippen molar-refractivity contribution in [1.29, 1.82) is 0 Å². The summed E-state index contributed by atoms with van der Waals surface area (Å²) >= 11 is 0. The number of phosphoric ester groups is 1. The van der Waals surface area contributed by atoms with E-state index >= 15 is 0 Å². The molecule has 0 aliphatic rings. The van der Waals surface area contributed by atoms with Crippen LogP contribution in [0.4, 0.5) is 0 Å². The fourth-order valence-corrected chi connectivity index (χ4v) is 5.92. The van der Waals surface area contributed by atoms with Crippen LogP contribution in [-0.4, -0.2) is 49.3 Å². The Labute approximate surface area is 328 Å². The van der Waals surface area contributed by atoms with Gasteiger partial charge in [-0.2, -0.15) is 0 Å². The molecule has 0 amide bonds. The molecule has 0 rings (SSSR count). The summed E-state index contributed by atoms with van der Waals surface area (Å²) < 4.78 is 32.6. The maximum atomic E-state index is 12.5. The Morgan fingerprint density at radius 3 is 1.52 bits per heavy atom. The van der Waals surface area contributed by atoms with Crippen LogP contribution in [0.2, 0.25) is 0 Å². The normalized spacial score (nSPS) is 14.0. The standard InChI is InChI=1S/C44H74NO8P/c1-3-5-7-9-11-13-15-17-18-19-20-21-22-23-25-27-29-31-33-35-37-44(47)53-42(41-52-54(48,49)51-39-38-45)40-50-43(46)36-34-32-30-28-26-24-16-14-12-10-8-6-4-2/h3,7,9,13,15,18-19,21-22,25,27,31,33,42H,1,4-6,8,10-12,14,16-17,20,23-24,26,28-30,32,34-41,45H2,2H3,(H,48,49). The molecular formula is C44H74NO8P. The number of nitrogens with two attached hydrogens (primary N) is 1. The minimum atomic E-state index is -4.40. The van der Waals surface area contributed by atoms with E-state index in [0.717, 1.165) is 57.8 Å². The SMILES string of the molecule is C=CCC=CCC=CCC=CCC=CCC=CCC=CCCC(=O)OC(COC(=O)CCCCCCCCCCCCCCC)COP(=O)(O)OCCN. The Kier molecular flexibility index (Phi) is 37.8. The molecule has 2 unspecified atom stereocenters. The number of hydrogen-bond acceptors (Lipinski definition) is 8. The number of carbonyl (C=O) groups excluding carboxylic acids is 2. The molecule has 10 heteroatoms. The Bertz CT molecular complexity index is 1140. The average molecular weight is 776 g/mol. The van der Waals surface area contributed by atoms with Gasteiger partial charge in [-0.15, -0.1) is 6.58 Å². The molecule has 0 saturated heterocycles. The summed E-state index contributed by atoms with van der Waals surface area (Å²) in [5, 5.41) is 0. The molecule has 54 heavy (non-hydrogen) atoms. The number of phosphoric acid groups is 1. The minimum Gasteiger partial charge on any atom is -0.462 e. The Morgan fingerprint density at radius 1 is 0.611 bits per heavy atom. The molecule has 3 N–H and O–H groups in total. The van der Waals surface area contributed by atoms with E-state index < -0.39 is 32.5 Å². The van der Waals surface area contributed by atoms with Crippen molar-refractivity contribution in [2.75, 3.05) is 26.4 Å². The van der Waals surface area contributed by atoms with Crippen molar-refractivity contribution in [2.45, 2.75) is 154 Å². The number of allylic oxidation sites excluding steroid dienone is 13. The van der Waals surface area contributed by atoms with E-state index in [4.69, 9.17) is 24.3 Å². The van der Waals surface area contributed by atoms with E-state index in [1.807, 2.05) is 18.2 Å². The largest absolute Gasteiger partial charge is 0.472 e. The molecule has 0 radical (unpaired) electrons. The first-order valence-electron chi connectivity index (χ1n) is 20.5. The molecule has 0 bridgehead atoms. The summed E-state index contributed by atoms with van der Waals surface area (Å²) in [6.45, 7) is 5.06. The second-order valence-corrected chi connectivity index (χ2v) is 14.7. The van der Waals surface area contributed by atoms with Gasteiger partial charge in [0.25, 0.3) is 0 Å². The van der Waals surface area contributed by atoms with Gasteiger partial charge >= 0.3 is 19.8 Å². The first kappa shape index (κ1) is 51.2. The number of ether oxygens (including phenoxy) is 2. The molecular weight excluding hydrogens is 701 g/mol. The van der Waals surface area contributed by atoms with Crippen LogP contribution >= 0.6 is 7.82 Å². The Balaban J connectivity index is 4.33. The fraction of sp³-hybridized carbons (Fsp3) is 0.636. The zero-order valence-corrected chi connectivity index (χ0v) is 34.4. The van der Waals surface area contributed by atoms with Crippen LogP contribution in [0.1, 0.15) is 148 Å². The second kappa shape index (κ2) is 39.9. The third kappa shape index (κ3) is 38.9. The van der Waals surface area contributed by atoms with E-state index in [-0.39, 0.29) is 32.6 Å². The van der Waals surface area contributed by atoms with Gasteiger partial charge in [-0.3, -0.25) is 18.6 Å². The third-order valence-corrected chi connectivity index (χ3v) is 9.17. The van der Waals surface area contributed by atoms with Crippen LogP contribution in [0, 0.1) is 0 Å². The lowest BCUT2D eigenvalue weighted by atomic mass is 10.0. The molecule has 9 nitrogen and oxygen atoms in total. The molecule has 0 aromatic rings. The summed E-state index contributed by atoms with van der Waals surface area (Å²) in [5.74, 6) is -0.935. The molecule has 0 heterocycles. The first-order chi connectivity index (χ1) is 26.3. The maximum Gasteiger partial charge on any atom is 0.472 e. The van der Waals surface area contributed by atoms with Gasteiger partial charge < -0.3 is 20.1 Å². The van der Waals surface area contributed by atoms with E-state index in [2.05, 4.69) is 74.3 Å². The predicted octanol–water partition coefficient (Wildman–Crippen LogP) is 11.7. The zero-order chi connectivity index (χ0) is 39.6. The smallest absolute Gasteiger partial charge is 0.462 e. The number of carbonyl (C=O) groups is 2. The highest BCUT2D eigenvalue weighted by atomic mass is 31.2. The van der Waals surface area contributed by atoms with Crippen molar-refractivity contribution >= 4 is 19.8 Å². The van der Waals surface area contributed by atoms with Crippen LogP contribution in [-0.2, 0) is 32.7 Å². The highest BCUT2D eigenvalue weighted by Gasteiger charge is 2.25. The van der Waals surface area contributed by atoms with Gasteiger partial charge in [0, 0.05) is 19.4 Å². The zero-order valence-electron chi connectivity index (χ0n) is 33.5. The van der Waals surface area contributed by atoms with Crippen LogP contribution in [0.25, 0.3) is 0 Å². The number of hydrogen-bond donors (Lipinski definition) is 2. The highest BCUT2D eigenvalue weighted by Crippen LogP contribution is 2.43. The van der Waals surface area contributed by atoms with E-state index in [9.17, 15) is 19.0 Å². The van der Waals surface area contributed by atoms with Crippen molar-refractivity contribution < 1.29 is 37.6 Å². The monoisotopic (exact) mass is 776 g/mol. The highest BCUT2D eigenvalue weighted by molar-refractivity contribution is 7.47. The number of esters is 2. The van der Waals surface area contributed by atoms with Gasteiger partial charge in [-0.1, -0.05) is 163 Å². The van der Waals surface area contributed by atoms with Gasteiger partial charge in [0.05, 0.1) is 13.2 Å². The van der Waals surface area contributed by atoms with Crippen molar-refractivity contribution in [3.8, 4) is 0 Å². The minimum absolute atomic E-state index is 0.0379. The van der Waals surface area contributed by atoms with E-state index in [1.54, 1.807) is 0 Å². The first-order valence-corrected chi connectivity index (χ1v) is 22.0. The van der Waals surface area contributed by atoms with E-state index in [1.165, 1.54) is 64.2 Å². The molecule has 0 saturated carbocycles. The van der Waals surface area contributed by atoms with Crippen LogP contribution in [0.15, 0.2) is 85.6 Å². The van der Waals surface area contributed by atoms with Crippen LogP contribution in [0.3, 0.4) is 0 Å². The quantitative estimate of drug-likeness (QED) is 0.0272. The molecule has 2 atom stereocenters. The molecule has 0 aromatic carbocycles. The van der Waals surface area contributed by atoms with Gasteiger partial charge in [0.1, 0.15) is 6.61 Å². The van der Waals surface area contributed by atoms with Crippen LogP contribution in [0.5, 0.6) is 0 Å². The lowest BCUT2D eigenvalue weighted by Gasteiger charge is -2.19. The summed E-state index contributed by atoms with van der Waals surface area (Å²) in [5.41, 5.74) is 5.33. The fourth-order valence-electron chi connectivity index (χ4n) is 5.16. The molecule has 308 valence electrons. The lowest BCUT2D eigenvalue weighted by Crippen LogP contribution is -2.29. The van der Waals surface area contributed by atoms with Crippen molar-refractivity contribution in [1.82, 2.24) is 0 Å². The van der Waals surface area contributed by atoms with Crippen LogP contribution < -0.4 is 5.73 Å². The molecule has 0 aliphatic carbocycles. The van der Waals surface area contributed by atoms with Gasteiger partial charge in [-0.25, -0.2) is 4.57 Å². The summed E-state index contributed by atoms with van der Waals surface area (Å²) in [6.07, 6.45) is 48.0. The molecule has 0 aromatic heterocycles. The Hall–Kier alpha value is -2.81. The average Bonchev–Trinajstić information content (AvgIpc) is 3.16. The number of unbranched alkanes of at least 4 members (excludes halogenated alkanes) is 12. The van der Waals surface area contributed by atoms with E-state index in [0.29, 0.717) is 6.42 Å². The van der Waals surface area contributed by atoms with Crippen molar-refractivity contribution in [2.24, 2.45) is 5.73 Å². The topological polar surface area (TPSA) is 134 Å². The predicted molar refractivity (Wildman–Crippen MR) is 224 cm³/mol. The number of rotatable bonds is 38. The second-order valence-electron chi connectivity index (χ2n) is 13.2. The van der Waals surface area contributed by atoms with Gasteiger partial charge in [0.2, 0.25) is 0 Å². The van der Waals surface area contributed by atoms with Gasteiger partial charge in [0.15, 0.2) is 6.10 Å². The lowest BCUT2D eigenvalue weighted by molar-refractivity contribution is -0.161. The summed E-state index contributed by atoms with van der Waals surface area (Å²) in [7, 11) is -4.40. The van der Waals surface area contributed by atoms with Gasteiger partial charge in [-0.05, 0) is 51.4 Å². The maximum absolute atomic E-state index is 12.5. The molecule has 0 spiro atoms. The Morgan fingerprint density at radius 2 is 1.06 bits per heavy atom. The molecule has 0 aliphatic heterocycles.